The van der Waals surface area contributed by atoms with Gasteiger partial charge < -0.3 is 15.4 Å². The summed E-state index contributed by atoms with van der Waals surface area (Å²) in [4.78, 5) is 13.5. The maximum Gasteiger partial charge on any atom is 0.261 e. The maximum atomic E-state index is 11.9. The highest BCUT2D eigenvalue weighted by Gasteiger charge is 2.11. The van der Waals surface area contributed by atoms with Gasteiger partial charge in [0.25, 0.3) is 5.91 Å². The van der Waals surface area contributed by atoms with E-state index in [1.54, 1.807) is 23.1 Å². The van der Waals surface area contributed by atoms with Gasteiger partial charge in [-0.1, -0.05) is 24.3 Å². The summed E-state index contributed by atoms with van der Waals surface area (Å²) in [6.45, 7) is 8.66. The van der Waals surface area contributed by atoms with Crippen molar-refractivity contribution in [3.63, 3.8) is 0 Å². The molecule has 1 aromatic carbocycles. The smallest absolute Gasteiger partial charge is 0.261 e. The van der Waals surface area contributed by atoms with E-state index in [0.717, 1.165) is 5.56 Å². The molecule has 0 unspecified atom stereocenters. The van der Waals surface area contributed by atoms with Crippen molar-refractivity contribution in [3.05, 3.63) is 55.1 Å². The third kappa shape index (κ3) is 4.97. The highest BCUT2D eigenvalue weighted by atomic mass is 16.5. The first kappa shape index (κ1) is 15.0. The molecular weight excluding hydrogens is 240 g/mol. The molecule has 0 aliphatic heterocycles. The number of benzene rings is 1. The van der Waals surface area contributed by atoms with E-state index < -0.39 is 0 Å². The molecule has 102 valence electrons. The lowest BCUT2D eigenvalue weighted by Gasteiger charge is -2.19. The van der Waals surface area contributed by atoms with E-state index >= 15 is 0 Å². The molecule has 4 nitrogen and oxygen atoms in total. The van der Waals surface area contributed by atoms with E-state index in [0.29, 0.717) is 25.4 Å². The van der Waals surface area contributed by atoms with E-state index in [4.69, 9.17) is 10.5 Å². The van der Waals surface area contributed by atoms with Crippen LogP contribution in [-0.2, 0) is 11.3 Å². The Bertz CT molecular complexity index is 434. The Kier molecular flexibility index (Phi) is 6.39. The van der Waals surface area contributed by atoms with Crippen molar-refractivity contribution < 1.29 is 9.53 Å². The van der Waals surface area contributed by atoms with Crippen LogP contribution in [-0.4, -0.2) is 30.5 Å². The molecule has 0 saturated heterocycles. The molecule has 0 aliphatic carbocycles. The minimum Gasteiger partial charge on any atom is -0.484 e. The number of carbonyl (C=O) groups excluding carboxylic acids is 1. The van der Waals surface area contributed by atoms with Gasteiger partial charge in [-0.2, -0.15) is 0 Å². The van der Waals surface area contributed by atoms with Gasteiger partial charge in [0.05, 0.1) is 0 Å². The molecule has 19 heavy (non-hydrogen) atoms. The Labute approximate surface area is 114 Å². The topological polar surface area (TPSA) is 55.6 Å². The zero-order chi connectivity index (χ0) is 14.1. The van der Waals surface area contributed by atoms with E-state index in [2.05, 4.69) is 13.2 Å². The van der Waals surface area contributed by atoms with Crippen molar-refractivity contribution in [3.8, 4) is 5.75 Å². The average Bonchev–Trinajstić information content (AvgIpc) is 2.44. The summed E-state index contributed by atoms with van der Waals surface area (Å²) in [5.41, 5.74) is 6.52. The first-order valence-corrected chi connectivity index (χ1v) is 6.12. The molecule has 0 radical (unpaired) electrons. The van der Waals surface area contributed by atoms with Crippen molar-refractivity contribution in [2.75, 3.05) is 19.7 Å². The summed E-state index contributed by atoms with van der Waals surface area (Å²) >= 11 is 0. The number of rotatable bonds is 8. The molecular formula is C15H20N2O2. The van der Waals surface area contributed by atoms with Crippen LogP contribution in [0.15, 0.2) is 49.6 Å². The molecule has 1 rings (SSSR count). The monoisotopic (exact) mass is 260 g/mol. The standard InChI is InChI=1S/C15H20N2O2/c1-3-8-17(9-4-2)15(18)12-19-14-7-5-6-13(10-14)11-16/h3-7,10H,1-2,8-9,11-12,16H2. The number of nitrogens with zero attached hydrogens (tertiary/aromatic N) is 1. The largest absolute Gasteiger partial charge is 0.484 e. The second kappa shape index (κ2) is 8.11. The summed E-state index contributed by atoms with van der Waals surface area (Å²) in [5, 5.41) is 0. The summed E-state index contributed by atoms with van der Waals surface area (Å²) < 4.78 is 5.47. The number of nitrogens with two attached hydrogens (primary N) is 1. The second-order valence-corrected chi connectivity index (χ2v) is 4.02. The van der Waals surface area contributed by atoms with Crippen LogP contribution in [0.3, 0.4) is 0 Å². The van der Waals surface area contributed by atoms with Gasteiger partial charge in [-0.3, -0.25) is 4.79 Å². The van der Waals surface area contributed by atoms with Crippen molar-refractivity contribution in [2.24, 2.45) is 5.73 Å². The third-order valence-electron chi connectivity index (χ3n) is 2.55. The highest BCUT2D eigenvalue weighted by Crippen LogP contribution is 2.12. The molecule has 0 fully saturated rings. The molecule has 1 amide bonds. The van der Waals surface area contributed by atoms with E-state index in [-0.39, 0.29) is 12.5 Å². The predicted molar refractivity (Wildman–Crippen MR) is 76.8 cm³/mol. The quantitative estimate of drug-likeness (QED) is 0.724. The Balaban J connectivity index is 2.56. The summed E-state index contributed by atoms with van der Waals surface area (Å²) in [7, 11) is 0. The molecule has 0 saturated carbocycles. The Morgan fingerprint density at radius 3 is 2.58 bits per heavy atom. The number of hydrogen-bond donors (Lipinski definition) is 1. The zero-order valence-corrected chi connectivity index (χ0v) is 11.0. The normalized spacial score (nSPS) is 9.74. The van der Waals surface area contributed by atoms with Gasteiger partial charge in [0.15, 0.2) is 6.61 Å². The van der Waals surface area contributed by atoms with Crippen LogP contribution >= 0.6 is 0 Å². The van der Waals surface area contributed by atoms with Gasteiger partial charge in [0.1, 0.15) is 5.75 Å². The molecule has 4 heteroatoms. The van der Waals surface area contributed by atoms with Crippen molar-refractivity contribution in [2.45, 2.75) is 6.54 Å². The zero-order valence-electron chi connectivity index (χ0n) is 11.0. The fourth-order valence-corrected chi connectivity index (χ4v) is 1.59. The summed E-state index contributed by atoms with van der Waals surface area (Å²) in [6, 6.07) is 7.40. The minimum atomic E-state index is -0.0991. The Hall–Kier alpha value is -2.07. The summed E-state index contributed by atoms with van der Waals surface area (Å²) in [5.74, 6) is 0.548. The molecule has 0 aromatic heterocycles. The van der Waals surface area contributed by atoms with Crippen LogP contribution in [0.5, 0.6) is 5.75 Å². The van der Waals surface area contributed by atoms with Crippen LogP contribution in [0.1, 0.15) is 5.56 Å². The lowest BCUT2D eigenvalue weighted by molar-refractivity contribution is -0.132. The van der Waals surface area contributed by atoms with Crippen molar-refractivity contribution in [1.29, 1.82) is 0 Å². The number of hydrogen-bond acceptors (Lipinski definition) is 3. The molecule has 0 atom stereocenters. The molecule has 0 spiro atoms. The molecule has 0 aliphatic rings. The Morgan fingerprint density at radius 2 is 2.00 bits per heavy atom. The lowest BCUT2D eigenvalue weighted by Crippen LogP contribution is -2.35. The van der Waals surface area contributed by atoms with Crippen LogP contribution in [0.25, 0.3) is 0 Å². The van der Waals surface area contributed by atoms with Crippen LogP contribution in [0.4, 0.5) is 0 Å². The Morgan fingerprint density at radius 1 is 1.32 bits per heavy atom. The fraction of sp³-hybridized carbons (Fsp3) is 0.267. The molecule has 0 heterocycles. The van der Waals surface area contributed by atoms with Gasteiger partial charge in [0, 0.05) is 19.6 Å². The van der Waals surface area contributed by atoms with Crippen molar-refractivity contribution in [1.82, 2.24) is 4.90 Å². The highest BCUT2D eigenvalue weighted by molar-refractivity contribution is 5.78. The SMILES string of the molecule is C=CCN(CC=C)C(=O)COc1cccc(CN)c1. The van der Waals surface area contributed by atoms with Crippen LogP contribution in [0, 0.1) is 0 Å². The van der Waals surface area contributed by atoms with Gasteiger partial charge in [-0.15, -0.1) is 13.2 Å². The van der Waals surface area contributed by atoms with Gasteiger partial charge in [0.2, 0.25) is 0 Å². The van der Waals surface area contributed by atoms with Crippen molar-refractivity contribution >= 4 is 5.91 Å². The summed E-state index contributed by atoms with van der Waals surface area (Å²) in [6.07, 6.45) is 3.35. The number of amides is 1. The van der Waals surface area contributed by atoms with E-state index in [1.807, 2.05) is 18.2 Å². The molecule has 1 aromatic rings. The average molecular weight is 260 g/mol. The number of ether oxygens (including phenoxy) is 1. The van der Waals surface area contributed by atoms with E-state index in [1.165, 1.54) is 0 Å². The second-order valence-electron chi connectivity index (χ2n) is 4.02. The maximum absolute atomic E-state index is 11.9. The first-order chi connectivity index (χ1) is 9.21. The third-order valence-corrected chi connectivity index (χ3v) is 2.55. The molecule has 2 N–H and O–H groups in total. The fourth-order valence-electron chi connectivity index (χ4n) is 1.59. The van der Waals surface area contributed by atoms with Crippen LogP contribution < -0.4 is 10.5 Å². The van der Waals surface area contributed by atoms with Crippen LogP contribution in [0.2, 0.25) is 0 Å². The van der Waals surface area contributed by atoms with E-state index in [9.17, 15) is 4.79 Å². The molecule has 0 bridgehead atoms. The van der Waals surface area contributed by atoms with Gasteiger partial charge in [-0.05, 0) is 17.7 Å². The first-order valence-electron chi connectivity index (χ1n) is 6.12. The number of carbonyl (C=O) groups is 1. The van der Waals surface area contributed by atoms with Gasteiger partial charge >= 0.3 is 0 Å². The minimum absolute atomic E-state index is 0.00426. The predicted octanol–water partition coefficient (Wildman–Crippen LogP) is 1.72. The lowest BCUT2D eigenvalue weighted by atomic mass is 10.2. The van der Waals surface area contributed by atoms with Gasteiger partial charge in [-0.25, -0.2) is 0 Å².